The van der Waals surface area contributed by atoms with Crippen LogP contribution in [0.4, 0.5) is 0 Å². The van der Waals surface area contributed by atoms with E-state index < -0.39 is 0 Å². The zero-order valence-corrected chi connectivity index (χ0v) is 31.9. The molecule has 0 aliphatic heterocycles. The maximum absolute atomic E-state index is 4.24. The van der Waals surface area contributed by atoms with Crippen molar-refractivity contribution in [1.29, 1.82) is 0 Å². The summed E-state index contributed by atoms with van der Waals surface area (Å²) in [7, 11) is 0. The summed E-state index contributed by atoms with van der Waals surface area (Å²) in [4.78, 5) is 0. The van der Waals surface area contributed by atoms with E-state index in [1.807, 2.05) is 6.08 Å². The molecule has 1 unspecified atom stereocenters. The highest BCUT2D eigenvalue weighted by molar-refractivity contribution is 6.21. The second-order valence-electron chi connectivity index (χ2n) is 15.5. The lowest BCUT2D eigenvalue weighted by Gasteiger charge is -2.22. The van der Waals surface area contributed by atoms with Crippen LogP contribution in [-0.4, -0.2) is 4.57 Å². The maximum Gasteiger partial charge on any atom is 0.0540 e. The first kappa shape index (κ1) is 33.2. The van der Waals surface area contributed by atoms with Gasteiger partial charge in [-0.1, -0.05) is 151 Å². The number of hydrogen-bond donors (Lipinski definition) is 0. The standard InChI is InChI=1S/C54H43N/c1-6-39-40-13-8-11-17-44(40)54(45-18-12-9-14-41(39)45)46-25-28-51(43-16-10-7-15-42(43)46)55-52-26-23-37(47-29-33(2)19-21-35(47)4)31-49(52)50-32-38(24-27-53(50)55)48-30-34(3)20-22-36(48)5/h6-31,38H,1,32H2,2-5H3. The van der Waals surface area contributed by atoms with E-state index in [1.165, 1.54) is 116 Å². The first-order chi connectivity index (χ1) is 26.9. The van der Waals surface area contributed by atoms with E-state index in [2.05, 4.69) is 191 Å². The van der Waals surface area contributed by atoms with Gasteiger partial charge in [0.15, 0.2) is 0 Å². The minimum absolute atomic E-state index is 0.315. The predicted octanol–water partition coefficient (Wildman–Crippen LogP) is 14.7. The van der Waals surface area contributed by atoms with Crippen LogP contribution >= 0.6 is 0 Å². The van der Waals surface area contributed by atoms with Gasteiger partial charge in [0.25, 0.3) is 0 Å². The molecule has 0 spiro atoms. The smallest absolute Gasteiger partial charge is 0.0540 e. The van der Waals surface area contributed by atoms with Crippen LogP contribution in [-0.2, 0) is 6.42 Å². The average molecular weight is 706 g/mol. The topological polar surface area (TPSA) is 4.93 Å². The molecule has 0 fully saturated rings. The van der Waals surface area contributed by atoms with Crippen LogP contribution < -0.4 is 0 Å². The summed E-state index contributed by atoms with van der Waals surface area (Å²) in [6, 6.07) is 52.2. The largest absolute Gasteiger partial charge is 0.309 e. The van der Waals surface area contributed by atoms with Crippen LogP contribution in [0, 0.1) is 27.7 Å². The number of aromatic nitrogens is 1. The lowest BCUT2D eigenvalue weighted by Crippen LogP contribution is -2.09. The van der Waals surface area contributed by atoms with Crippen molar-refractivity contribution in [1.82, 2.24) is 4.57 Å². The highest BCUT2D eigenvalue weighted by Crippen LogP contribution is 2.46. The highest BCUT2D eigenvalue weighted by Gasteiger charge is 2.26. The summed E-state index contributed by atoms with van der Waals surface area (Å²) in [5.74, 6) is 0.315. The fourth-order valence-electron chi connectivity index (χ4n) is 9.48. The van der Waals surface area contributed by atoms with E-state index in [0.717, 1.165) is 6.42 Å². The van der Waals surface area contributed by atoms with E-state index in [9.17, 15) is 0 Å². The third kappa shape index (κ3) is 5.22. The van der Waals surface area contributed by atoms with Crippen molar-refractivity contribution < 1.29 is 0 Å². The van der Waals surface area contributed by atoms with Crippen molar-refractivity contribution in [2.45, 2.75) is 40.0 Å². The van der Waals surface area contributed by atoms with E-state index in [0.29, 0.717) is 5.92 Å². The fraction of sp³-hybridized carbons (Fsp3) is 0.111. The van der Waals surface area contributed by atoms with Gasteiger partial charge in [-0.05, 0) is 135 Å². The molecule has 10 rings (SSSR count). The van der Waals surface area contributed by atoms with Gasteiger partial charge in [-0.2, -0.15) is 0 Å². The Labute approximate surface area is 323 Å². The molecule has 1 heteroatoms. The minimum Gasteiger partial charge on any atom is -0.309 e. The van der Waals surface area contributed by atoms with Gasteiger partial charge in [0.05, 0.1) is 11.2 Å². The Bertz CT molecular complexity index is 3020. The van der Waals surface area contributed by atoms with E-state index in [1.54, 1.807) is 0 Å². The van der Waals surface area contributed by atoms with Crippen molar-refractivity contribution in [3.63, 3.8) is 0 Å². The highest BCUT2D eigenvalue weighted by atomic mass is 15.0. The molecule has 0 bridgehead atoms. The molecule has 1 atom stereocenters. The molecule has 8 aromatic carbocycles. The molecule has 9 aromatic rings. The van der Waals surface area contributed by atoms with Crippen LogP contribution in [0.25, 0.3) is 83.3 Å². The number of fused-ring (bicyclic) bond motifs is 6. The zero-order valence-electron chi connectivity index (χ0n) is 31.9. The summed E-state index contributed by atoms with van der Waals surface area (Å²) < 4.78 is 2.54. The van der Waals surface area contributed by atoms with Gasteiger partial charge >= 0.3 is 0 Å². The van der Waals surface area contributed by atoms with E-state index in [-0.39, 0.29) is 0 Å². The molecule has 0 saturated carbocycles. The Morgan fingerprint density at radius 3 is 1.91 bits per heavy atom. The number of aryl methyl sites for hydroxylation is 4. The molecule has 0 N–H and O–H groups in total. The van der Waals surface area contributed by atoms with Crippen molar-refractivity contribution in [2.24, 2.45) is 0 Å². The molecule has 1 aromatic heterocycles. The number of allylic oxidation sites excluding steroid dienone is 1. The van der Waals surface area contributed by atoms with Gasteiger partial charge in [0.2, 0.25) is 0 Å². The predicted molar refractivity (Wildman–Crippen MR) is 238 cm³/mol. The molecule has 1 aliphatic rings. The Balaban J connectivity index is 1.24. The van der Waals surface area contributed by atoms with Crippen molar-refractivity contribution in [3.05, 3.63) is 197 Å². The van der Waals surface area contributed by atoms with Crippen LogP contribution in [0.2, 0.25) is 0 Å². The van der Waals surface area contributed by atoms with Gasteiger partial charge in [0.1, 0.15) is 0 Å². The Kier molecular flexibility index (Phi) is 7.75. The Hall–Kier alpha value is -6.44. The van der Waals surface area contributed by atoms with Gasteiger partial charge in [-0.25, -0.2) is 0 Å². The first-order valence-corrected chi connectivity index (χ1v) is 19.5. The van der Waals surface area contributed by atoms with E-state index >= 15 is 0 Å². The molecule has 0 saturated heterocycles. The number of nitrogens with zero attached hydrogens (tertiary/aromatic N) is 1. The van der Waals surface area contributed by atoms with Gasteiger partial charge in [-0.15, -0.1) is 0 Å². The van der Waals surface area contributed by atoms with Crippen molar-refractivity contribution in [3.8, 4) is 27.9 Å². The molecule has 0 amide bonds. The maximum atomic E-state index is 4.24. The normalized spacial score (nSPS) is 13.9. The monoisotopic (exact) mass is 705 g/mol. The molecular weight excluding hydrogens is 663 g/mol. The second kappa shape index (κ2) is 12.9. The SMILES string of the molecule is C=Cc1c2ccccc2c(-c2ccc(-n3c4c(c5cc(-c6cc(C)ccc6C)ccc53)CC(c3cc(C)ccc3C)C=C4)c3ccccc23)c2ccccc12. The molecule has 264 valence electrons. The molecule has 1 nitrogen and oxygen atoms in total. The van der Waals surface area contributed by atoms with E-state index in [4.69, 9.17) is 0 Å². The van der Waals surface area contributed by atoms with Gasteiger partial charge in [0, 0.05) is 22.4 Å². The summed E-state index contributed by atoms with van der Waals surface area (Å²) in [5, 5.41) is 8.77. The number of rotatable bonds is 5. The minimum atomic E-state index is 0.315. The summed E-state index contributed by atoms with van der Waals surface area (Å²) in [5.41, 5.74) is 18.1. The summed E-state index contributed by atoms with van der Waals surface area (Å²) >= 11 is 0. The fourth-order valence-corrected chi connectivity index (χ4v) is 9.48. The second-order valence-corrected chi connectivity index (χ2v) is 15.5. The zero-order chi connectivity index (χ0) is 37.4. The average Bonchev–Trinajstić information content (AvgIpc) is 3.54. The third-order valence-electron chi connectivity index (χ3n) is 12.1. The van der Waals surface area contributed by atoms with Crippen LogP contribution in [0.5, 0.6) is 0 Å². The van der Waals surface area contributed by atoms with Crippen LogP contribution in [0.15, 0.2) is 152 Å². The lowest BCUT2D eigenvalue weighted by molar-refractivity contribution is 0.817. The lowest BCUT2D eigenvalue weighted by atomic mass is 9.84. The summed E-state index contributed by atoms with van der Waals surface area (Å²) in [6.45, 7) is 13.1. The van der Waals surface area contributed by atoms with Crippen LogP contribution in [0.1, 0.15) is 50.6 Å². The third-order valence-corrected chi connectivity index (χ3v) is 12.1. The first-order valence-electron chi connectivity index (χ1n) is 19.5. The van der Waals surface area contributed by atoms with Crippen LogP contribution in [0.3, 0.4) is 0 Å². The Morgan fingerprint density at radius 1 is 0.564 bits per heavy atom. The van der Waals surface area contributed by atoms with Gasteiger partial charge in [-0.3, -0.25) is 0 Å². The quantitative estimate of drug-likeness (QED) is 0.157. The number of benzene rings is 8. The summed E-state index contributed by atoms with van der Waals surface area (Å²) in [6.07, 6.45) is 7.82. The van der Waals surface area contributed by atoms with Crippen molar-refractivity contribution in [2.75, 3.05) is 0 Å². The molecule has 0 radical (unpaired) electrons. The van der Waals surface area contributed by atoms with Gasteiger partial charge < -0.3 is 4.57 Å². The Morgan fingerprint density at radius 2 is 1.20 bits per heavy atom. The molecule has 1 aliphatic carbocycles. The molecular formula is C54H43N. The number of hydrogen-bond acceptors (Lipinski definition) is 0. The molecule has 1 heterocycles. The molecule has 55 heavy (non-hydrogen) atoms. The van der Waals surface area contributed by atoms with Crippen molar-refractivity contribution >= 4 is 55.4 Å².